The van der Waals surface area contributed by atoms with Crippen LogP contribution in [0.4, 0.5) is 5.82 Å². The summed E-state index contributed by atoms with van der Waals surface area (Å²) in [6.07, 6.45) is 2.63. The fourth-order valence-corrected chi connectivity index (χ4v) is 4.50. The third-order valence-electron chi connectivity index (χ3n) is 4.84. The summed E-state index contributed by atoms with van der Waals surface area (Å²) in [4.78, 5) is 10.1. The standard InChI is InChI=1S/C23H27ClN4O5S/c1-16-18(24)6-5-7-22(16)34(29,30)27-23-21(13-25-15-26-23)33-14-17-8-9-19(31-4)20(12-17)32-11-10-28(2)3/h5-9,12-13,15H,10-11,14H2,1-4H3,(H,25,26,27). The molecule has 0 aliphatic rings. The highest BCUT2D eigenvalue weighted by atomic mass is 35.5. The number of likely N-dealkylation sites (N-methyl/N-ethyl adjacent to an activating group) is 1. The van der Waals surface area contributed by atoms with Crippen LogP contribution in [0.1, 0.15) is 11.1 Å². The molecule has 0 saturated carbocycles. The number of sulfonamides is 1. The molecule has 11 heteroatoms. The van der Waals surface area contributed by atoms with Crippen LogP contribution in [0.3, 0.4) is 0 Å². The van der Waals surface area contributed by atoms with Crippen LogP contribution in [-0.2, 0) is 16.6 Å². The van der Waals surface area contributed by atoms with Gasteiger partial charge in [-0.1, -0.05) is 23.7 Å². The molecule has 0 unspecified atom stereocenters. The summed E-state index contributed by atoms with van der Waals surface area (Å²) in [7, 11) is 1.55. The van der Waals surface area contributed by atoms with Crippen molar-refractivity contribution in [3.05, 3.63) is 65.1 Å². The number of nitrogens with zero attached hydrogens (tertiary/aromatic N) is 3. The number of ether oxygens (including phenoxy) is 3. The van der Waals surface area contributed by atoms with E-state index in [9.17, 15) is 8.42 Å². The van der Waals surface area contributed by atoms with E-state index in [1.165, 1.54) is 18.6 Å². The molecule has 0 saturated heterocycles. The monoisotopic (exact) mass is 506 g/mol. The fraction of sp³-hybridized carbons (Fsp3) is 0.304. The highest BCUT2D eigenvalue weighted by molar-refractivity contribution is 7.92. The Morgan fingerprint density at radius 2 is 1.88 bits per heavy atom. The molecule has 0 amide bonds. The predicted octanol–water partition coefficient (Wildman–Crippen LogP) is 3.77. The van der Waals surface area contributed by atoms with Gasteiger partial charge >= 0.3 is 0 Å². The van der Waals surface area contributed by atoms with Crippen LogP contribution in [-0.4, -0.2) is 57.6 Å². The van der Waals surface area contributed by atoms with E-state index in [-0.39, 0.29) is 23.1 Å². The van der Waals surface area contributed by atoms with Gasteiger partial charge in [0.1, 0.15) is 19.5 Å². The Morgan fingerprint density at radius 1 is 1.09 bits per heavy atom. The second-order valence-electron chi connectivity index (χ2n) is 7.63. The van der Waals surface area contributed by atoms with Gasteiger partial charge in [-0.15, -0.1) is 0 Å². The van der Waals surface area contributed by atoms with E-state index < -0.39 is 10.0 Å². The molecule has 9 nitrogen and oxygen atoms in total. The van der Waals surface area contributed by atoms with Gasteiger partial charge in [0.05, 0.1) is 18.2 Å². The van der Waals surface area contributed by atoms with E-state index in [1.807, 2.05) is 31.1 Å². The first-order valence-corrected chi connectivity index (χ1v) is 12.2. The molecule has 0 bridgehead atoms. The van der Waals surface area contributed by atoms with Crippen molar-refractivity contribution >= 4 is 27.4 Å². The van der Waals surface area contributed by atoms with Crippen LogP contribution in [0, 0.1) is 6.92 Å². The van der Waals surface area contributed by atoms with E-state index in [4.69, 9.17) is 25.8 Å². The summed E-state index contributed by atoms with van der Waals surface area (Å²) in [6, 6.07) is 10.1. The quantitative estimate of drug-likeness (QED) is 0.419. The smallest absolute Gasteiger partial charge is 0.263 e. The Hall–Kier alpha value is -3.08. The summed E-state index contributed by atoms with van der Waals surface area (Å²) in [5.74, 6) is 1.39. The van der Waals surface area contributed by atoms with E-state index >= 15 is 0 Å². The average Bonchev–Trinajstić information content (AvgIpc) is 2.80. The SMILES string of the molecule is COc1ccc(COc2cncnc2NS(=O)(=O)c2cccc(Cl)c2C)cc1OCCN(C)C. The molecule has 2 aromatic carbocycles. The minimum Gasteiger partial charge on any atom is -0.493 e. The maximum Gasteiger partial charge on any atom is 0.263 e. The van der Waals surface area contributed by atoms with Gasteiger partial charge in [0.25, 0.3) is 10.0 Å². The van der Waals surface area contributed by atoms with Crippen LogP contribution in [0.5, 0.6) is 17.2 Å². The first kappa shape index (κ1) is 25.5. The third-order valence-corrected chi connectivity index (χ3v) is 6.73. The van der Waals surface area contributed by atoms with Crippen molar-refractivity contribution < 1.29 is 22.6 Å². The Balaban J connectivity index is 1.76. The van der Waals surface area contributed by atoms with Gasteiger partial charge < -0.3 is 19.1 Å². The normalized spacial score (nSPS) is 11.4. The topological polar surface area (TPSA) is 103 Å². The van der Waals surface area contributed by atoms with Gasteiger partial charge in [-0.25, -0.2) is 18.4 Å². The molecule has 34 heavy (non-hydrogen) atoms. The Kier molecular flexibility index (Phi) is 8.54. The largest absolute Gasteiger partial charge is 0.493 e. The molecule has 0 fully saturated rings. The Labute approximate surface area is 204 Å². The van der Waals surface area contributed by atoms with Crippen molar-refractivity contribution in [2.45, 2.75) is 18.4 Å². The van der Waals surface area contributed by atoms with E-state index in [0.29, 0.717) is 28.7 Å². The van der Waals surface area contributed by atoms with Crippen molar-refractivity contribution in [2.75, 3.05) is 39.1 Å². The number of rotatable bonds is 11. The lowest BCUT2D eigenvalue weighted by atomic mass is 10.2. The molecular weight excluding hydrogens is 480 g/mol. The highest BCUT2D eigenvalue weighted by Crippen LogP contribution is 2.30. The maximum absolute atomic E-state index is 12.9. The first-order chi connectivity index (χ1) is 16.2. The number of hydrogen-bond acceptors (Lipinski definition) is 8. The van der Waals surface area contributed by atoms with Crippen LogP contribution in [0.25, 0.3) is 0 Å². The number of hydrogen-bond donors (Lipinski definition) is 1. The van der Waals surface area contributed by atoms with E-state index in [0.717, 1.165) is 12.1 Å². The lowest BCUT2D eigenvalue weighted by molar-refractivity contribution is 0.249. The number of methoxy groups -OCH3 is 1. The fourth-order valence-electron chi connectivity index (χ4n) is 2.98. The zero-order valence-electron chi connectivity index (χ0n) is 19.4. The number of anilines is 1. The van der Waals surface area contributed by atoms with Gasteiger partial charge in [0, 0.05) is 11.6 Å². The minimum absolute atomic E-state index is 0.0188. The molecule has 0 spiro atoms. The van der Waals surface area contributed by atoms with Gasteiger partial charge in [-0.2, -0.15) is 0 Å². The number of nitrogens with one attached hydrogen (secondary N) is 1. The van der Waals surface area contributed by atoms with Crippen molar-refractivity contribution in [3.63, 3.8) is 0 Å². The molecule has 0 aliphatic carbocycles. The summed E-state index contributed by atoms with van der Waals surface area (Å²) >= 11 is 6.09. The zero-order chi connectivity index (χ0) is 24.7. The molecule has 0 atom stereocenters. The second-order valence-corrected chi connectivity index (χ2v) is 9.69. The summed E-state index contributed by atoms with van der Waals surface area (Å²) in [5, 5.41) is 0.352. The number of aromatic nitrogens is 2. The van der Waals surface area contributed by atoms with E-state index in [2.05, 4.69) is 14.7 Å². The molecule has 0 aliphatic heterocycles. The Morgan fingerprint density at radius 3 is 2.62 bits per heavy atom. The molecule has 3 rings (SSSR count). The van der Waals surface area contributed by atoms with Gasteiger partial charge in [0.2, 0.25) is 0 Å². The average molecular weight is 507 g/mol. The van der Waals surface area contributed by atoms with Gasteiger partial charge in [0.15, 0.2) is 23.1 Å². The predicted molar refractivity (Wildman–Crippen MR) is 130 cm³/mol. The first-order valence-electron chi connectivity index (χ1n) is 10.4. The zero-order valence-corrected chi connectivity index (χ0v) is 21.0. The summed E-state index contributed by atoms with van der Waals surface area (Å²) in [6.45, 7) is 3.01. The van der Waals surface area contributed by atoms with Crippen LogP contribution in [0.2, 0.25) is 5.02 Å². The van der Waals surface area contributed by atoms with Crippen molar-refractivity contribution in [1.82, 2.24) is 14.9 Å². The van der Waals surface area contributed by atoms with Crippen LogP contribution >= 0.6 is 11.6 Å². The molecule has 1 heterocycles. The van der Waals surface area contributed by atoms with Gasteiger partial charge in [-0.05, 0) is 56.4 Å². The highest BCUT2D eigenvalue weighted by Gasteiger charge is 2.21. The lowest BCUT2D eigenvalue weighted by Gasteiger charge is -2.16. The van der Waals surface area contributed by atoms with Crippen molar-refractivity contribution in [3.8, 4) is 17.2 Å². The second kappa shape index (κ2) is 11.4. The summed E-state index contributed by atoms with van der Waals surface area (Å²) in [5.41, 5.74) is 1.23. The Bertz CT molecular complexity index is 1240. The van der Waals surface area contributed by atoms with Crippen molar-refractivity contribution in [1.29, 1.82) is 0 Å². The molecule has 0 radical (unpaired) electrons. The molecule has 1 N–H and O–H groups in total. The van der Waals surface area contributed by atoms with Gasteiger partial charge in [-0.3, -0.25) is 4.72 Å². The van der Waals surface area contributed by atoms with Crippen molar-refractivity contribution in [2.24, 2.45) is 0 Å². The third kappa shape index (κ3) is 6.49. The molecular formula is C23H27ClN4O5S. The number of halogens is 1. The van der Waals surface area contributed by atoms with Crippen LogP contribution in [0.15, 0.2) is 53.8 Å². The van der Waals surface area contributed by atoms with Crippen LogP contribution < -0.4 is 18.9 Å². The summed E-state index contributed by atoms with van der Waals surface area (Å²) < 4.78 is 45.4. The molecule has 182 valence electrons. The number of benzene rings is 2. The minimum atomic E-state index is -3.95. The van der Waals surface area contributed by atoms with E-state index in [1.54, 1.807) is 32.2 Å². The molecule has 3 aromatic rings. The maximum atomic E-state index is 12.9. The molecule has 1 aromatic heterocycles. The lowest BCUT2D eigenvalue weighted by Crippen LogP contribution is -2.19.